The number of aromatic nitrogens is 2. The summed E-state index contributed by atoms with van der Waals surface area (Å²) in [6.45, 7) is 8.60. The van der Waals surface area contributed by atoms with Gasteiger partial charge in [-0.15, -0.1) is 34.0 Å². The second kappa shape index (κ2) is 23.3. The normalized spacial score (nSPS) is 10.3. The van der Waals surface area contributed by atoms with Gasteiger partial charge in [0.25, 0.3) is 0 Å². The molecule has 0 unspecified atom stereocenters. The average molecular weight is 615 g/mol. The van der Waals surface area contributed by atoms with E-state index in [9.17, 15) is 0 Å². The van der Waals surface area contributed by atoms with Crippen LogP contribution in [0.25, 0.3) is 0 Å². The second-order valence-corrected chi connectivity index (χ2v) is 9.24. The summed E-state index contributed by atoms with van der Waals surface area (Å²) in [5.74, 6) is 0. The van der Waals surface area contributed by atoms with Crippen LogP contribution in [0.3, 0.4) is 0 Å². The summed E-state index contributed by atoms with van der Waals surface area (Å²) in [7, 11) is 0. The Balaban J connectivity index is 0.00000578. The molecular formula is C29H50Br2N4. The van der Waals surface area contributed by atoms with Gasteiger partial charge in [0.15, 0.2) is 0 Å². The van der Waals surface area contributed by atoms with Gasteiger partial charge < -0.3 is 9.13 Å². The first-order valence-corrected chi connectivity index (χ1v) is 13.6. The zero-order valence-electron chi connectivity index (χ0n) is 22.2. The van der Waals surface area contributed by atoms with Crippen molar-refractivity contribution in [1.29, 1.82) is 0 Å². The van der Waals surface area contributed by atoms with E-state index in [0.29, 0.717) is 0 Å². The lowest BCUT2D eigenvalue weighted by atomic mass is 10.1. The maximum Gasteiger partial charge on any atom is 0.0603 e. The predicted molar refractivity (Wildman–Crippen MR) is 162 cm³/mol. The molecule has 0 N–H and O–H groups in total. The number of rotatable bonds is 18. The highest BCUT2D eigenvalue weighted by Gasteiger charge is 1.94. The van der Waals surface area contributed by atoms with E-state index in [2.05, 4.69) is 72.0 Å². The summed E-state index contributed by atoms with van der Waals surface area (Å²) in [6.07, 6.45) is 25.4. The molecule has 0 fully saturated rings. The van der Waals surface area contributed by atoms with Crippen LogP contribution in [0.15, 0.2) is 59.0 Å². The first-order valence-electron chi connectivity index (χ1n) is 13.6. The van der Waals surface area contributed by atoms with Crippen LogP contribution < -0.4 is 10.7 Å². The summed E-state index contributed by atoms with van der Waals surface area (Å²) in [5, 5.41) is 2.23. The first-order chi connectivity index (χ1) is 16.3. The minimum atomic E-state index is 0. The number of aryl methyl sites for hydroxylation is 2. The molecule has 35 heavy (non-hydrogen) atoms. The number of halogens is 2. The Bertz CT molecular complexity index is 761. The minimum Gasteiger partial charge on any atom is -0.354 e. The van der Waals surface area contributed by atoms with Crippen LogP contribution in [0.5, 0.6) is 0 Å². The number of hydrogen-bond donors (Lipinski definition) is 0. The standard InChI is InChI=1S/C29H48N4.2BrH/c1-3-5-7-9-12-20-30-28-16-24-32(25-17-28)22-14-11-15-23-33-26-18-29(19-27-33)31-21-13-10-8-6-4-2;;/h16-19,24-27H,3-15,20-23H2,1-2H3;2*1H. The van der Waals surface area contributed by atoms with Crippen LogP contribution in [0.1, 0.15) is 97.3 Å². The van der Waals surface area contributed by atoms with Crippen molar-refractivity contribution in [3.05, 3.63) is 59.8 Å². The molecule has 0 bridgehead atoms. The van der Waals surface area contributed by atoms with E-state index in [-0.39, 0.29) is 34.0 Å². The van der Waals surface area contributed by atoms with Crippen molar-refractivity contribution in [2.24, 2.45) is 9.98 Å². The molecular weight excluding hydrogens is 564 g/mol. The Morgan fingerprint density at radius 2 is 0.829 bits per heavy atom. The van der Waals surface area contributed by atoms with Crippen LogP contribution in [-0.2, 0) is 13.1 Å². The summed E-state index contributed by atoms with van der Waals surface area (Å²) in [5.41, 5.74) is 0. The molecule has 2 heterocycles. The average Bonchev–Trinajstić information content (AvgIpc) is 2.85. The van der Waals surface area contributed by atoms with Gasteiger partial charge in [-0.3, -0.25) is 9.98 Å². The largest absolute Gasteiger partial charge is 0.354 e. The lowest BCUT2D eigenvalue weighted by molar-refractivity contribution is 0.542. The lowest BCUT2D eigenvalue weighted by Gasteiger charge is -2.08. The van der Waals surface area contributed by atoms with Crippen molar-refractivity contribution in [3.8, 4) is 0 Å². The van der Waals surface area contributed by atoms with Crippen molar-refractivity contribution < 1.29 is 0 Å². The number of hydrogen-bond acceptors (Lipinski definition) is 2. The van der Waals surface area contributed by atoms with Gasteiger partial charge in [-0.25, -0.2) is 0 Å². The highest BCUT2D eigenvalue weighted by atomic mass is 79.9. The quantitative estimate of drug-likeness (QED) is 0.152. The summed E-state index contributed by atoms with van der Waals surface area (Å²) in [4.78, 5) is 9.41. The van der Waals surface area contributed by atoms with Gasteiger partial charge in [-0.1, -0.05) is 65.2 Å². The molecule has 2 aromatic heterocycles. The molecule has 0 saturated heterocycles. The minimum absolute atomic E-state index is 0. The molecule has 2 aromatic rings. The van der Waals surface area contributed by atoms with Crippen LogP contribution in [0.2, 0.25) is 0 Å². The third-order valence-electron chi connectivity index (χ3n) is 6.19. The predicted octanol–water partition coefficient (Wildman–Crippen LogP) is 8.06. The smallest absolute Gasteiger partial charge is 0.0603 e. The van der Waals surface area contributed by atoms with Gasteiger partial charge in [-0.2, -0.15) is 0 Å². The van der Waals surface area contributed by atoms with Crippen LogP contribution in [0, 0.1) is 0 Å². The monoisotopic (exact) mass is 612 g/mol. The van der Waals surface area contributed by atoms with E-state index < -0.39 is 0 Å². The molecule has 2 rings (SSSR count). The summed E-state index contributed by atoms with van der Waals surface area (Å²) in [6, 6.07) is 8.61. The fourth-order valence-electron chi connectivity index (χ4n) is 4.02. The zero-order valence-corrected chi connectivity index (χ0v) is 25.7. The van der Waals surface area contributed by atoms with Crippen LogP contribution >= 0.6 is 34.0 Å². The number of nitrogens with zero attached hydrogens (tertiary/aromatic N) is 4. The third kappa shape index (κ3) is 17.0. The molecule has 0 atom stereocenters. The molecule has 0 aliphatic heterocycles. The van der Waals surface area contributed by atoms with Crippen molar-refractivity contribution >= 4 is 34.0 Å². The van der Waals surface area contributed by atoms with Crippen molar-refractivity contribution in [2.75, 3.05) is 13.1 Å². The van der Waals surface area contributed by atoms with Gasteiger partial charge in [0.05, 0.1) is 10.7 Å². The van der Waals surface area contributed by atoms with Crippen LogP contribution in [-0.4, -0.2) is 22.2 Å². The van der Waals surface area contributed by atoms with E-state index in [1.165, 1.54) is 83.5 Å². The molecule has 0 saturated carbocycles. The molecule has 0 aliphatic rings. The highest BCUT2D eigenvalue weighted by Crippen LogP contribution is 2.04. The highest BCUT2D eigenvalue weighted by molar-refractivity contribution is 8.93. The zero-order chi connectivity index (χ0) is 23.4. The first kappa shape index (κ1) is 33.9. The van der Waals surface area contributed by atoms with Gasteiger partial charge in [0, 0.05) is 51.0 Å². The van der Waals surface area contributed by atoms with E-state index >= 15 is 0 Å². The summed E-state index contributed by atoms with van der Waals surface area (Å²) >= 11 is 0. The Kier molecular flexibility index (Phi) is 22.5. The van der Waals surface area contributed by atoms with Crippen LogP contribution in [0.4, 0.5) is 0 Å². The van der Waals surface area contributed by atoms with Gasteiger partial charge in [0.1, 0.15) is 0 Å². The molecule has 200 valence electrons. The third-order valence-corrected chi connectivity index (χ3v) is 6.19. The number of pyridine rings is 2. The second-order valence-electron chi connectivity index (χ2n) is 9.24. The maximum absolute atomic E-state index is 4.70. The molecule has 6 heteroatoms. The molecule has 0 spiro atoms. The van der Waals surface area contributed by atoms with Gasteiger partial charge >= 0.3 is 0 Å². The topological polar surface area (TPSA) is 34.6 Å². The van der Waals surface area contributed by atoms with E-state index in [1.54, 1.807) is 0 Å². The SMILES string of the molecule is Br.Br.CCCCCCCN=c1ccn(CCCCCn2ccc(=NCCCCCCC)cc2)cc1. The fraction of sp³-hybridized carbons (Fsp3) is 0.655. The van der Waals surface area contributed by atoms with E-state index in [4.69, 9.17) is 9.98 Å². The Labute approximate surface area is 235 Å². The Hall–Kier alpha value is -1.14. The molecule has 0 radical (unpaired) electrons. The fourth-order valence-corrected chi connectivity index (χ4v) is 4.02. The molecule has 0 aliphatic carbocycles. The van der Waals surface area contributed by atoms with Crippen molar-refractivity contribution in [3.63, 3.8) is 0 Å². The molecule has 0 aromatic carbocycles. The number of unbranched alkanes of at least 4 members (excludes halogenated alkanes) is 10. The van der Waals surface area contributed by atoms with E-state index in [1.807, 2.05) is 0 Å². The maximum atomic E-state index is 4.70. The molecule has 4 nitrogen and oxygen atoms in total. The van der Waals surface area contributed by atoms with Gasteiger partial charge in [0.2, 0.25) is 0 Å². The Morgan fingerprint density at radius 1 is 0.486 bits per heavy atom. The molecule has 0 amide bonds. The summed E-state index contributed by atoms with van der Waals surface area (Å²) < 4.78 is 4.57. The van der Waals surface area contributed by atoms with E-state index in [0.717, 1.165) is 36.9 Å². The van der Waals surface area contributed by atoms with Crippen molar-refractivity contribution in [1.82, 2.24) is 9.13 Å². The lowest BCUT2D eigenvalue weighted by Crippen LogP contribution is -2.08. The van der Waals surface area contributed by atoms with Crippen molar-refractivity contribution in [2.45, 2.75) is 110 Å². The Morgan fingerprint density at radius 3 is 1.20 bits per heavy atom. The van der Waals surface area contributed by atoms with Gasteiger partial charge in [-0.05, 0) is 56.4 Å².